The van der Waals surface area contributed by atoms with Crippen LogP contribution in [-0.2, 0) is 4.79 Å². The number of allylic oxidation sites excluding steroid dienone is 2. The fraction of sp³-hybridized carbons (Fsp3) is 0.312. The van der Waals surface area contributed by atoms with Crippen LogP contribution in [0, 0.1) is 13.8 Å². The van der Waals surface area contributed by atoms with Crippen molar-refractivity contribution < 1.29 is 18.0 Å². The molecule has 0 amide bonds. The molecule has 0 unspecified atom stereocenters. The molecule has 0 aliphatic heterocycles. The molecule has 0 radical (unpaired) electrons. The van der Waals surface area contributed by atoms with E-state index in [0.717, 1.165) is 11.1 Å². The second-order valence-corrected chi connectivity index (χ2v) is 5.18. The number of nitrogens with zero attached hydrogens (tertiary/aromatic N) is 1. The molecule has 0 saturated heterocycles. The van der Waals surface area contributed by atoms with E-state index in [1.165, 1.54) is 6.08 Å². The van der Waals surface area contributed by atoms with E-state index in [9.17, 15) is 18.0 Å². The molecule has 0 heterocycles. The summed E-state index contributed by atoms with van der Waals surface area (Å²) in [5.41, 5.74) is 2.64. The molecule has 1 aromatic rings. The summed E-state index contributed by atoms with van der Waals surface area (Å²) in [5, 5.41) is 2.86. The number of alkyl halides is 3. The van der Waals surface area contributed by atoms with Crippen LogP contribution in [0.5, 0.6) is 0 Å². The highest BCUT2D eigenvalue weighted by Crippen LogP contribution is 2.21. The Morgan fingerprint density at radius 1 is 1.23 bits per heavy atom. The van der Waals surface area contributed by atoms with E-state index >= 15 is 0 Å². The standard InChI is InChI=1S/C16H19F3N2O/c1-11-5-6-14(12(2)9-11)20-13(7-8-21(3)4)10-15(22)16(17,18)19/h5-10,20H,1-4H3. The van der Waals surface area contributed by atoms with Gasteiger partial charge in [-0.2, -0.15) is 13.2 Å². The van der Waals surface area contributed by atoms with Gasteiger partial charge in [-0.25, -0.2) is 0 Å². The fourth-order valence-corrected chi connectivity index (χ4v) is 1.69. The molecular weight excluding hydrogens is 293 g/mol. The van der Waals surface area contributed by atoms with Crippen molar-refractivity contribution in [3.63, 3.8) is 0 Å². The van der Waals surface area contributed by atoms with Crippen molar-refractivity contribution in [1.82, 2.24) is 4.90 Å². The molecule has 6 heteroatoms. The SMILES string of the molecule is Cc1ccc(NC(C=CN(C)C)=CC(=O)C(F)(F)F)c(C)c1. The Labute approximate surface area is 128 Å². The molecule has 3 nitrogen and oxygen atoms in total. The minimum absolute atomic E-state index is 0.0722. The van der Waals surface area contributed by atoms with Crippen LogP contribution in [0.15, 0.2) is 42.2 Å². The Morgan fingerprint density at radius 2 is 1.86 bits per heavy atom. The predicted octanol–water partition coefficient (Wildman–Crippen LogP) is 3.81. The number of nitrogens with one attached hydrogen (secondary N) is 1. The Hall–Kier alpha value is -2.24. The minimum Gasteiger partial charge on any atom is -0.383 e. The summed E-state index contributed by atoms with van der Waals surface area (Å²) < 4.78 is 37.3. The summed E-state index contributed by atoms with van der Waals surface area (Å²) in [4.78, 5) is 12.8. The first kappa shape index (κ1) is 17.8. The van der Waals surface area contributed by atoms with E-state index in [4.69, 9.17) is 0 Å². The zero-order valence-electron chi connectivity index (χ0n) is 13.0. The van der Waals surface area contributed by atoms with Gasteiger partial charge in [0, 0.05) is 37.8 Å². The molecule has 0 aliphatic rings. The lowest BCUT2D eigenvalue weighted by molar-refractivity contribution is -0.165. The smallest absolute Gasteiger partial charge is 0.383 e. The maximum absolute atomic E-state index is 12.4. The number of ketones is 1. The number of halogens is 3. The summed E-state index contributed by atoms with van der Waals surface area (Å²) in [5.74, 6) is -1.90. The van der Waals surface area contributed by atoms with Crippen LogP contribution < -0.4 is 5.32 Å². The largest absolute Gasteiger partial charge is 0.454 e. The monoisotopic (exact) mass is 312 g/mol. The lowest BCUT2D eigenvalue weighted by Gasteiger charge is -2.13. The molecule has 1 N–H and O–H groups in total. The number of aryl methyl sites for hydroxylation is 2. The summed E-state index contributed by atoms with van der Waals surface area (Å²) in [7, 11) is 3.47. The maximum Gasteiger partial charge on any atom is 0.454 e. The molecule has 120 valence electrons. The van der Waals surface area contributed by atoms with Crippen LogP contribution >= 0.6 is 0 Å². The number of carbonyl (C=O) groups is 1. The second kappa shape index (κ2) is 7.15. The van der Waals surface area contributed by atoms with Gasteiger partial charge in [0.25, 0.3) is 5.78 Å². The minimum atomic E-state index is -4.89. The average molecular weight is 312 g/mol. The van der Waals surface area contributed by atoms with Crippen LogP contribution in [0.25, 0.3) is 0 Å². The number of hydrogen-bond donors (Lipinski definition) is 1. The van der Waals surface area contributed by atoms with Crippen LogP contribution in [0.1, 0.15) is 11.1 Å². The first-order valence-corrected chi connectivity index (χ1v) is 6.61. The van der Waals surface area contributed by atoms with Crippen molar-refractivity contribution in [1.29, 1.82) is 0 Å². The highest BCUT2D eigenvalue weighted by molar-refractivity contribution is 5.95. The van der Waals surface area contributed by atoms with Crippen molar-refractivity contribution in [3.05, 3.63) is 53.4 Å². The molecule has 0 aromatic heterocycles. The Morgan fingerprint density at radius 3 is 2.36 bits per heavy atom. The van der Waals surface area contributed by atoms with E-state index < -0.39 is 12.0 Å². The zero-order chi connectivity index (χ0) is 16.9. The van der Waals surface area contributed by atoms with Crippen LogP contribution in [-0.4, -0.2) is 31.0 Å². The molecule has 22 heavy (non-hydrogen) atoms. The first-order chi connectivity index (χ1) is 10.1. The Bertz CT molecular complexity index is 602. The maximum atomic E-state index is 12.4. The number of anilines is 1. The average Bonchev–Trinajstić information content (AvgIpc) is 2.37. The Kier molecular flexibility index (Phi) is 5.79. The van der Waals surface area contributed by atoms with Gasteiger partial charge >= 0.3 is 6.18 Å². The highest BCUT2D eigenvalue weighted by atomic mass is 19.4. The number of carbonyl (C=O) groups excluding carboxylic acids is 1. The third-order valence-electron chi connectivity index (χ3n) is 2.78. The number of benzene rings is 1. The van der Waals surface area contributed by atoms with E-state index in [-0.39, 0.29) is 5.70 Å². The molecule has 0 fully saturated rings. The van der Waals surface area contributed by atoms with Crippen LogP contribution in [0.2, 0.25) is 0 Å². The summed E-state index contributed by atoms with van der Waals surface area (Å²) in [6.45, 7) is 3.76. The zero-order valence-corrected chi connectivity index (χ0v) is 13.0. The van der Waals surface area contributed by atoms with Gasteiger partial charge in [-0.3, -0.25) is 4.79 Å². The van der Waals surface area contributed by atoms with Gasteiger partial charge in [0.1, 0.15) is 0 Å². The topological polar surface area (TPSA) is 32.3 Å². The van der Waals surface area contributed by atoms with Crippen molar-refractivity contribution in [3.8, 4) is 0 Å². The molecule has 0 aliphatic carbocycles. The molecule has 0 saturated carbocycles. The van der Waals surface area contributed by atoms with Crippen molar-refractivity contribution in [2.24, 2.45) is 0 Å². The van der Waals surface area contributed by atoms with E-state index in [1.807, 2.05) is 26.0 Å². The summed E-state index contributed by atoms with van der Waals surface area (Å²) in [6, 6.07) is 5.51. The van der Waals surface area contributed by atoms with Gasteiger partial charge in [0.05, 0.1) is 0 Å². The molecule has 0 bridgehead atoms. The van der Waals surface area contributed by atoms with Gasteiger partial charge in [0.2, 0.25) is 0 Å². The fourth-order valence-electron chi connectivity index (χ4n) is 1.69. The molecule has 1 rings (SSSR count). The van der Waals surface area contributed by atoms with E-state index in [0.29, 0.717) is 11.8 Å². The third-order valence-corrected chi connectivity index (χ3v) is 2.78. The number of hydrogen-bond acceptors (Lipinski definition) is 3. The van der Waals surface area contributed by atoms with Gasteiger partial charge in [-0.1, -0.05) is 17.7 Å². The molecule has 0 spiro atoms. The Balaban J connectivity index is 3.10. The lowest BCUT2D eigenvalue weighted by atomic mass is 10.1. The number of rotatable bonds is 5. The van der Waals surface area contributed by atoms with Gasteiger partial charge in [-0.05, 0) is 31.6 Å². The second-order valence-electron chi connectivity index (χ2n) is 5.18. The summed E-state index contributed by atoms with van der Waals surface area (Å²) >= 11 is 0. The van der Waals surface area contributed by atoms with E-state index in [1.54, 1.807) is 31.3 Å². The molecule has 1 aromatic carbocycles. The van der Waals surface area contributed by atoms with Crippen LogP contribution in [0.3, 0.4) is 0 Å². The molecular formula is C16H19F3N2O. The lowest BCUT2D eigenvalue weighted by Crippen LogP contribution is -2.21. The van der Waals surface area contributed by atoms with Crippen molar-refractivity contribution in [2.75, 3.05) is 19.4 Å². The predicted molar refractivity (Wildman–Crippen MR) is 81.5 cm³/mol. The third kappa shape index (κ3) is 5.63. The van der Waals surface area contributed by atoms with E-state index in [2.05, 4.69) is 5.32 Å². The summed E-state index contributed by atoms with van der Waals surface area (Å²) in [6.07, 6.45) is -1.35. The van der Waals surface area contributed by atoms with Crippen molar-refractivity contribution in [2.45, 2.75) is 20.0 Å². The normalized spacial score (nSPS) is 12.6. The van der Waals surface area contributed by atoms with Crippen molar-refractivity contribution >= 4 is 11.5 Å². The van der Waals surface area contributed by atoms with Crippen LogP contribution in [0.4, 0.5) is 18.9 Å². The van der Waals surface area contributed by atoms with Gasteiger partial charge in [0.15, 0.2) is 0 Å². The molecule has 0 atom stereocenters. The van der Waals surface area contributed by atoms with Gasteiger partial charge < -0.3 is 10.2 Å². The van der Waals surface area contributed by atoms with Gasteiger partial charge in [-0.15, -0.1) is 0 Å². The first-order valence-electron chi connectivity index (χ1n) is 6.61. The quantitative estimate of drug-likeness (QED) is 0.663. The highest BCUT2D eigenvalue weighted by Gasteiger charge is 2.36.